The molecule has 4 aromatic rings. The number of rotatable bonds is 11. The number of aromatic nitrogens is 3. The molecule has 49 heavy (non-hydrogen) atoms. The molecule has 262 valence electrons. The van der Waals surface area contributed by atoms with E-state index in [2.05, 4.69) is 24.0 Å². The van der Waals surface area contributed by atoms with Gasteiger partial charge in [-0.15, -0.1) is 0 Å². The third kappa shape index (κ3) is 7.59. The van der Waals surface area contributed by atoms with Crippen LogP contribution in [0, 0.1) is 0 Å². The Kier molecular flexibility index (Phi) is 9.89. The van der Waals surface area contributed by atoms with Crippen molar-refractivity contribution < 1.29 is 28.3 Å². The summed E-state index contributed by atoms with van der Waals surface area (Å²) in [5.41, 5.74) is 5.42. The molecular formula is C35H44ClN5O6SSi. The molecule has 2 aromatic carbocycles. The molecule has 3 aliphatic heterocycles. The molecule has 7 rings (SSSR count). The SMILES string of the molecule is C[Si](C)(C)CCOCn1c(O[C@@H]2CO[C@H]3[C@@H]2OC[C@H]3O)nc2cc(Cl)c(-c3ccc(-c4ccc(N=S(C)(=O)N5CCCC5)cc4)cc3)nc21. The minimum atomic E-state index is -2.42. The van der Waals surface area contributed by atoms with Crippen molar-refractivity contribution in [3.63, 3.8) is 0 Å². The van der Waals surface area contributed by atoms with Crippen LogP contribution in [0.15, 0.2) is 59.0 Å². The van der Waals surface area contributed by atoms with Crippen LogP contribution >= 0.6 is 11.6 Å². The topological polar surface area (TPSA) is 121 Å². The average Bonchev–Trinajstić information content (AvgIpc) is 3.87. The van der Waals surface area contributed by atoms with Gasteiger partial charge in [-0.2, -0.15) is 9.35 Å². The van der Waals surface area contributed by atoms with E-state index < -0.39 is 36.3 Å². The van der Waals surface area contributed by atoms with Crippen LogP contribution in [0.2, 0.25) is 30.7 Å². The van der Waals surface area contributed by atoms with Gasteiger partial charge < -0.3 is 24.1 Å². The van der Waals surface area contributed by atoms with Gasteiger partial charge in [0.1, 0.15) is 40.5 Å². The summed E-state index contributed by atoms with van der Waals surface area (Å²) in [4.78, 5) is 9.76. The Bertz CT molecular complexity index is 1920. The highest BCUT2D eigenvalue weighted by atomic mass is 35.5. The number of hydrogen-bond acceptors (Lipinski definition) is 9. The van der Waals surface area contributed by atoms with Crippen LogP contribution in [0.4, 0.5) is 5.69 Å². The van der Waals surface area contributed by atoms with Crippen LogP contribution in [0.5, 0.6) is 6.01 Å². The van der Waals surface area contributed by atoms with Gasteiger partial charge in [0.25, 0.3) is 0 Å². The van der Waals surface area contributed by atoms with Gasteiger partial charge >= 0.3 is 6.01 Å². The maximum absolute atomic E-state index is 13.2. The zero-order valence-electron chi connectivity index (χ0n) is 28.4. The highest BCUT2D eigenvalue weighted by Crippen LogP contribution is 2.35. The number of nitrogens with zero attached hydrogens (tertiary/aromatic N) is 5. The number of hydrogen-bond donors (Lipinski definition) is 1. The Morgan fingerprint density at radius 2 is 1.63 bits per heavy atom. The lowest BCUT2D eigenvalue weighted by Gasteiger charge is -2.19. The molecule has 14 heteroatoms. The van der Waals surface area contributed by atoms with Gasteiger partial charge in [-0.3, -0.25) is 4.57 Å². The first-order valence-electron chi connectivity index (χ1n) is 16.9. The number of halogens is 1. The second-order valence-electron chi connectivity index (χ2n) is 14.3. The average molecular weight is 726 g/mol. The fourth-order valence-corrected chi connectivity index (χ4v) is 9.02. The van der Waals surface area contributed by atoms with Crippen LogP contribution in [0.3, 0.4) is 0 Å². The van der Waals surface area contributed by atoms with Crippen LogP contribution < -0.4 is 4.74 Å². The molecule has 2 aromatic heterocycles. The zero-order chi connectivity index (χ0) is 34.3. The summed E-state index contributed by atoms with van der Waals surface area (Å²) >= 11 is 6.83. The maximum Gasteiger partial charge on any atom is 0.301 e. The van der Waals surface area contributed by atoms with E-state index in [0.717, 1.165) is 48.7 Å². The fraction of sp³-hybridized carbons (Fsp3) is 0.486. The summed E-state index contributed by atoms with van der Waals surface area (Å²) in [6.07, 6.45) is 1.95. The summed E-state index contributed by atoms with van der Waals surface area (Å²) in [5.74, 6) is 0. The Morgan fingerprint density at radius 3 is 2.33 bits per heavy atom. The fourth-order valence-electron chi connectivity index (χ4n) is 6.44. The third-order valence-corrected chi connectivity index (χ3v) is 13.1. The highest BCUT2D eigenvalue weighted by molar-refractivity contribution is 7.90. The van der Waals surface area contributed by atoms with Crippen molar-refractivity contribution in [2.75, 3.05) is 39.2 Å². The quantitative estimate of drug-likeness (QED) is 0.140. The highest BCUT2D eigenvalue weighted by Gasteiger charge is 2.49. The first kappa shape index (κ1) is 34.6. The molecule has 1 unspecified atom stereocenters. The molecule has 3 fully saturated rings. The number of aliphatic hydroxyl groups excluding tert-OH is 1. The van der Waals surface area contributed by atoms with Crippen molar-refractivity contribution in [1.29, 1.82) is 0 Å². The first-order valence-corrected chi connectivity index (χ1v) is 22.8. The van der Waals surface area contributed by atoms with Crippen LogP contribution in [0.1, 0.15) is 12.8 Å². The molecule has 1 N–H and O–H groups in total. The lowest BCUT2D eigenvalue weighted by molar-refractivity contribution is 0.00336. The molecule has 3 saturated heterocycles. The summed E-state index contributed by atoms with van der Waals surface area (Å²) in [7, 11) is -3.72. The second-order valence-corrected chi connectivity index (χ2v) is 22.5. The van der Waals surface area contributed by atoms with E-state index in [1.54, 1.807) is 12.3 Å². The van der Waals surface area contributed by atoms with Gasteiger partial charge in [-0.05, 0) is 48.2 Å². The third-order valence-electron chi connectivity index (χ3n) is 9.27. The molecule has 0 amide bonds. The Morgan fingerprint density at radius 1 is 0.980 bits per heavy atom. The molecule has 3 aliphatic rings. The molecule has 0 aliphatic carbocycles. The number of pyridine rings is 1. The molecule has 11 nitrogen and oxygen atoms in total. The number of benzene rings is 2. The molecule has 0 saturated carbocycles. The molecule has 0 radical (unpaired) electrons. The lowest BCUT2D eigenvalue weighted by Crippen LogP contribution is -2.35. The van der Waals surface area contributed by atoms with E-state index in [9.17, 15) is 9.32 Å². The van der Waals surface area contributed by atoms with Gasteiger partial charge in [0.05, 0.1) is 29.6 Å². The number of imidazole rings is 1. The first-order chi connectivity index (χ1) is 23.4. The number of fused-ring (bicyclic) bond motifs is 2. The molecule has 0 spiro atoms. The predicted octanol–water partition coefficient (Wildman–Crippen LogP) is 6.38. The van der Waals surface area contributed by atoms with Crippen molar-refractivity contribution in [2.24, 2.45) is 4.36 Å². The molecular weight excluding hydrogens is 682 g/mol. The lowest BCUT2D eigenvalue weighted by atomic mass is 10.0. The molecule has 5 atom stereocenters. The van der Waals surface area contributed by atoms with Crippen molar-refractivity contribution >= 4 is 46.4 Å². The Labute approximate surface area is 293 Å². The smallest absolute Gasteiger partial charge is 0.301 e. The minimum absolute atomic E-state index is 0.210. The largest absolute Gasteiger partial charge is 0.456 e. The second kappa shape index (κ2) is 14.0. The standard InChI is InChI=1S/C35H44ClN5O6SSi/c1-48(43,40-15-5-6-16-40)39-26-13-11-24(12-14-26)23-7-9-25(10-8-23)31-27(36)19-28-34(38-31)41(22-44-17-18-49(2,3)4)35(37-28)47-30-21-46-32-29(42)20-45-33(30)32/h7-14,19,29-30,32-33,42H,5-6,15-18,20-22H2,1-4H3/t29-,30-,32-,33-,48?/m1/s1. The van der Waals surface area contributed by atoms with Crippen molar-refractivity contribution in [2.45, 2.75) is 69.7 Å². The van der Waals surface area contributed by atoms with Gasteiger partial charge in [0, 0.05) is 39.6 Å². The maximum atomic E-state index is 13.2. The molecule has 5 heterocycles. The normalized spacial score (nSPS) is 24.0. The van der Waals surface area contributed by atoms with Gasteiger partial charge in [-0.25, -0.2) is 13.5 Å². The van der Waals surface area contributed by atoms with Gasteiger partial charge in [0.15, 0.2) is 11.8 Å². The van der Waals surface area contributed by atoms with E-state index in [4.69, 9.17) is 40.5 Å². The predicted molar refractivity (Wildman–Crippen MR) is 194 cm³/mol. The van der Waals surface area contributed by atoms with Crippen LogP contribution in [-0.2, 0) is 30.9 Å². The molecule has 0 bridgehead atoms. The minimum Gasteiger partial charge on any atom is -0.456 e. The Hall–Kier alpha value is -2.88. The van der Waals surface area contributed by atoms with Crippen LogP contribution in [0.25, 0.3) is 33.5 Å². The van der Waals surface area contributed by atoms with E-state index in [0.29, 0.717) is 40.2 Å². The Balaban J connectivity index is 1.14. The summed E-state index contributed by atoms with van der Waals surface area (Å²) in [6, 6.07) is 19.1. The van der Waals surface area contributed by atoms with E-state index in [-0.39, 0.29) is 26.0 Å². The number of ether oxygens (including phenoxy) is 4. The van der Waals surface area contributed by atoms with Crippen molar-refractivity contribution in [1.82, 2.24) is 18.8 Å². The van der Waals surface area contributed by atoms with E-state index in [1.165, 1.54) is 0 Å². The summed E-state index contributed by atoms with van der Waals surface area (Å²) in [5, 5.41) is 10.7. The van der Waals surface area contributed by atoms with Crippen molar-refractivity contribution in [3.8, 4) is 28.4 Å². The monoisotopic (exact) mass is 725 g/mol. The van der Waals surface area contributed by atoms with E-state index >= 15 is 0 Å². The summed E-state index contributed by atoms with van der Waals surface area (Å²) in [6.45, 7) is 9.94. The summed E-state index contributed by atoms with van der Waals surface area (Å²) < 4.78 is 45.6. The zero-order valence-corrected chi connectivity index (χ0v) is 31.0. The van der Waals surface area contributed by atoms with Crippen molar-refractivity contribution in [3.05, 3.63) is 59.6 Å². The van der Waals surface area contributed by atoms with E-state index in [1.807, 2.05) is 57.4 Å². The number of aliphatic hydroxyl groups is 1. The van der Waals surface area contributed by atoms with Gasteiger partial charge in [-0.1, -0.05) is 67.6 Å². The van der Waals surface area contributed by atoms with Gasteiger partial charge in [0.2, 0.25) is 0 Å². The van der Waals surface area contributed by atoms with Crippen LogP contribution in [-0.4, -0.2) is 99.8 Å².